The van der Waals surface area contributed by atoms with Crippen LogP contribution in [0.2, 0.25) is 0 Å². The molecule has 1 aliphatic carbocycles. The van der Waals surface area contributed by atoms with Gasteiger partial charge < -0.3 is 10.2 Å². The molecule has 4 nitrogen and oxygen atoms in total. The van der Waals surface area contributed by atoms with Gasteiger partial charge in [-0.3, -0.25) is 9.59 Å². The number of hydrogen-bond acceptors (Lipinski definition) is 3. The summed E-state index contributed by atoms with van der Waals surface area (Å²) in [6.07, 6.45) is 2.99. The number of hydrogen-bond donors (Lipinski definition) is 1. The van der Waals surface area contributed by atoms with E-state index in [1.54, 1.807) is 11.3 Å². The smallest absolute Gasteiger partial charge is 0.257 e. The van der Waals surface area contributed by atoms with Gasteiger partial charge in [0.1, 0.15) is 5.00 Å². The standard InChI is InChI=1S/C22H28N2O2S/c1-5-24(6-2)22(26)19-17-11-10-15(4)13-18(17)27-21(19)23-20(25)16-9-7-8-14(3)12-16/h7-9,12,15H,5-6,10-11,13H2,1-4H3,(H,23,25)/t15-/m1/s1. The summed E-state index contributed by atoms with van der Waals surface area (Å²) in [5.74, 6) is 0.499. The molecule has 1 aliphatic rings. The lowest BCUT2D eigenvalue weighted by molar-refractivity contribution is 0.0773. The Bertz CT molecular complexity index is 852. The van der Waals surface area contributed by atoms with Gasteiger partial charge in [-0.05, 0) is 63.6 Å². The molecule has 27 heavy (non-hydrogen) atoms. The Kier molecular flexibility index (Phi) is 6.00. The van der Waals surface area contributed by atoms with Crippen molar-refractivity contribution in [1.82, 2.24) is 4.90 Å². The van der Waals surface area contributed by atoms with Crippen molar-refractivity contribution in [2.75, 3.05) is 18.4 Å². The molecule has 1 atom stereocenters. The fraction of sp³-hybridized carbons (Fsp3) is 0.455. The van der Waals surface area contributed by atoms with Crippen LogP contribution in [-0.2, 0) is 12.8 Å². The van der Waals surface area contributed by atoms with Gasteiger partial charge in [0.25, 0.3) is 11.8 Å². The van der Waals surface area contributed by atoms with Crippen molar-refractivity contribution in [3.63, 3.8) is 0 Å². The Morgan fingerprint density at radius 2 is 2.00 bits per heavy atom. The van der Waals surface area contributed by atoms with Crippen LogP contribution in [0.15, 0.2) is 24.3 Å². The number of benzene rings is 1. The summed E-state index contributed by atoms with van der Waals surface area (Å²) in [5, 5.41) is 3.75. The van der Waals surface area contributed by atoms with E-state index in [4.69, 9.17) is 0 Å². The van der Waals surface area contributed by atoms with E-state index in [0.717, 1.165) is 30.4 Å². The topological polar surface area (TPSA) is 49.4 Å². The van der Waals surface area contributed by atoms with E-state index in [9.17, 15) is 9.59 Å². The highest BCUT2D eigenvalue weighted by Gasteiger charge is 2.30. The Morgan fingerprint density at radius 3 is 2.67 bits per heavy atom. The van der Waals surface area contributed by atoms with Crippen LogP contribution in [-0.4, -0.2) is 29.8 Å². The molecule has 0 saturated carbocycles. The third-order valence-corrected chi connectivity index (χ3v) is 6.45. The minimum Gasteiger partial charge on any atom is -0.339 e. The molecule has 144 valence electrons. The molecular formula is C22H28N2O2S. The number of carbonyl (C=O) groups is 2. The lowest BCUT2D eigenvalue weighted by atomic mass is 9.88. The van der Waals surface area contributed by atoms with E-state index in [2.05, 4.69) is 12.2 Å². The first-order chi connectivity index (χ1) is 12.9. The highest BCUT2D eigenvalue weighted by molar-refractivity contribution is 7.17. The highest BCUT2D eigenvalue weighted by Crippen LogP contribution is 2.40. The molecule has 2 aromatic rings. The first-order valence-electron chi connectivity index (χ1n) is 9.76. The van der Waals surface area contributed by atoms with Crippen molar-refractivity contribution in [2.45, 2.75) is 47.0 Å². The number of anilines is 1. The van der Waals surface area contributed by atoms with Crippen LogP contribution in [0.3, 0.4) is 0 Å². The average Bonchev–Trinajstić information content (AvgIpc) is 2.99. The van der Waals surface area contributed by atoms with Gasteiger partial charge in [0.05, 0.1) is 5.56 Å². The van der Waals surface area contributed by atoms with Crippen molar-refractivity contribution in [1.29, 1.82) is 0 Å². The monoisotopic (exact) mass is 384 g/mol. The van der Waals surface area contributed by atoms with E-state index in [1.807, 2.05) is 49.9 Å². The highest BCUT2D eigenvalue weighted by atomic mass is 32.1. The molecule has 1 N–H and O–H groups in total. The normalized spacial score (nSPS) is 15.9. The zero-order valence-corrected chi connectivity index (χ0v) is 17.4. The van der Waals surface area contributed by atoms with Gasteiger partial charge in [0, 0.05) is 23.5 Å². The molecule has 1 aromatic carbocycles. The summed E-state index contributed by atoms with van der Waals surface area (Å²) in [4.78, 5) is 29.1. The minimum atomic E-state index is -0.154. The number of nitrogens with one attached hydrogen (secondary N) is 1. The van der Waals surface area contributed by atoms with Crippen LogP contribution in [0, 0.1) is 12.8 Å². The predicted octanol–water partition coefficient (Wildman–Crippen LogP) is 4.92. The molecule has 1 heterocycles. The second-order valence-corrected chi connectivity index (χ2v) is 8.46. The van der Waals surface area contributed by atoms with Crippen LogP contribution in [0.1, 0.15) is 63.9 Å². The Hall–Kier alpha value is -2.14. The SMILES string of the molecule is CCN(CC)C(=O)c1c(NC(=O)c2cccc(C)c2)sc2c1CC[C@@H](C)C2. The molecule has 0 aliphatic heterocycles. The van der Waals surface area contributed by atoms with Gasteiger partial charge in [-0.25, -0.2) is 0 Å². The van der Waals surface area contributed by atoms with Gasteiger partial charge in [-0.2, -0.15) is 0 Å². The van der Waals surface area contributed by atoms with Crippen LogP contribution >= 0.6 is 11.3 Å². The maximum Gasteiger partial charge on any atom is 0.257 e. The van der Waals surface area contributed by atoms with E-state index >= 15 is 0 Å². The van der Waals surface area contributed by atoms with Gasteiger partial charge >= 0.3 is 0 Å². The summed E-state index contributed by atoms with van der Waals surface area (Å²) >= 11 is 1.58. The Labute approximate surface area is 165 Å². The Morgan fingerprint density at radius 1 is 1.26 bits per heavy atom. The molecule has 0 radical (unpaired) electrons. The number of carbonyl (C=O) groups excluding carboxylic acids is 2. The summed E-state index contributed by atoms with van der Waals surface area (Å²) in [6.45, 7) is 9.54. The second kappa shape index (κ2) is 8.26. The van der Waals surface area contributed by atoms with Crippen LogP contribution in [0.25, 0.3) is 0 Å². The first-order valence-corrected chi connectivity index (χ1v) is 10.6. The zero-order chi connectivity index (χ0) is 19.6. The minimum absolute atomic E-state index is 0.0339. The zero-order valence-electron chi connectivity index (χ0n) is 16.6. The second-order valence-electron chi connectivity index (χ2n) is 7.36. The first kappa shape index (κ1) is 19.6. The number of rotatable bonds is 5. The molecule has 2 amide bonds. The molecule has 0 unspecified atom stereocenters. The lowest BCUT2D eigenvalue weighted by Crippen LogP contribution is -2.32. The van der Waals surface area contributed by atoms with Crippen molar-refractivity contribution in [3.05, 3.63) is 51.4 Å². The molecule has 0 fully saturated rings. The van der Waals surface area contributed by atoms with Crippen LogP contribution < -0.4 is 5.32 Å². The van der Waals surface area contributed by atoms with Crippen LogP contribution in [0.4, 0.5) is 5.00 Å². The third kappa shape index (κ3) is 4.08. The average molecular weight is 385 g/mol. The van der Waals surface area contributed by atoms with Gasteiger partial charge in [0.15, 0.2) is 0 Å². The van der Waals surface area contributed by atoms with Gasteiger partial charge in [-0.15, -0.1) is 11.3 Å². The Balaban J connectivity index is 1.98. The largest absolute Gasteiger partial charge is 0.339 e. The van der Waals surface area contributed by atoms with E-state index < -0.39 is 0 Å². The lowest BCUT2D eigenvalue weighted by Gasteiger charge is -2.22. The number of nitrogens with zero attached hydrogens (tertiary/aromatic N) is 1. The fourth-order valence-corrected chi connectivity index (χ4v) is 5.09. The third-order valence-electron chi connectivity index (χ3n) is 5.28. The molecule has 5 heteroatoms. The molecule has 0 spiro atoms. The van der Waals surface area contributed by atoms with E-state index in [-0.39, 0.29) is 11.8 Å². The number of fused-ring (bicyclic) bond motifs is 1. The van der Waals surface area contributed by atoms with Gasteiger partial charge in [-0.1, -0.05) is 24.6 Å². The van der Waals surface area contributed by atoms with Crippen molar-refractivity contribution in [2.24, 2.45) is 5.92 Å². The summed E-state index contributed by atoms with van der Waals surface area (Å²) < 4.78 is 0. The predicted molar refractivity (Wildman–Crippen MR) is 112 cm³/mol. The van der Waals surface area contributed by atoms with E-state index in [1.165, 1.54) is 4.88 Å². The van der Waals surface area contributed by atoms with E-state index in [0.29, 0.717) is 35.1 Å². The van der Waals surface area contributed by atoms with Crippen molar-refractivity contribution in [3.8, 4) is 0 Å². The quantitative estimate of drug-likeness (QED) is 0.796. The summed E-state index contributed by atoms with van der Waals surface area (Å²) in [6, 6.07) is 7.53. The van der Waals surface area contributed by atoms with Crippen LogP contribution in [0.5, 0.6) is 0 Å². The maximum absolute atomic E-state index is 13.2. The molecule has 0 bridgehead atoms. The fourth-order valence-electron chi connectivity index (χ4n) is 3.70. The number of aryl methyl sites for hydroxylation is 1. The molecule has 0 saturated heterocycles. The number of amides is 2. The van der Waals surface area contributed by atoms with Gasteiger partial charge in [0.2, 0.25) is 0 Å². The maximum atomic E-state index is 13.2. The summed E-state index contributed by atoms with van der Waals surface area (Å²) in [7, 11) is 0. The molecular weight excluding hydrogens is 356 g/mol. The molecule has 3 rings (SSSR count). The summed E-state index contributed by atoms with van der Waals surface area (Å²) in [5.41, 5.74) is 3.53. The van der Waals surface area contributed by atoms with Crippen molar-refractivity contribution < 1.29 is 9.59 Å². The molecule has 1 aromatic heterocycles. The number of thiophene rings is 1. The van der Waals surface area contributed by atoms with Crippen molar-refractivity contribution >= 4 is 28.2 Å².